The number of nitrogens with zero attached hydrogens (tertiary/aromatic N) is 5. The number of para-hydroxylation sites is 1. The Morgan fingerprint density at radius 3 is 2.62 bits per heavy atom. The fraction of sp³-hybridized carbons (Fsp3) is 0.487. The van der Waals surface area contributed by atoms with Crippen molar-refractivity contribution in [2.24, 2.45) is 11.8 Å². The van der Waals surface area contributed by atoms with Gasteiger partial charge in [-0.25, -0.2) is 4.68 Å². The summed E-state index contributed by atoms with van der Waals surface area (Å²) in [5, 5.41) is 20.9. The van der Waals surface area contributed by atoms with Gasteiger partial charge in [0.25, 0.3) is 0 Å². The van der Waals surface area contributed by atoms with Gasteiger partial charge in [0.05, 0.1) is 29.5 Å². The van der Waals surface area contributed by atoms with Gasteiger partial charge in [0, 0.05) is 26.1 Å². The molecule has 0 saturated carbocycles. The van der Waals surface area contributed by atoms with Crippen LogP contribution < -0.4 is 5.32 Å². The van der Waals surface area contributed by atoms with Crippen molar-refractivity contribution >= 4 is 34.7 Å². The average Bonchev–Trinajstić information content (AvgIpc) is 3.91. The third-order valence-electron chi connectivity index (χ3n) is 10.5. The number of likely N-dealkylation sites (tertiary alicyclic amines) is 1. The predicted octanol–water partition coefficient (Wildman–Crippen LogP) is 3.70. The van der Waals surface area contributed by atoms with Crippen LogP contribution in [0, 0.1) is 11.8 Å². The summed E-state index contributed by atoms with van der Waals surface area (Å²) in [6.07, 6.45) is 7.17. The molecule has 1 spiro atoms. The number of benzene rings is 2. The summed E-state index contributed by atoms with van der Waals surface area (Å²) in [6.45, 7) is 8.14. The van der Waals surface area contributed by atoms with E-state index in [4.69, 9.17) is 9.47 Å². The van der Waals surface area contributed by atoms with Gasteiger partial charge in [-0.05, 0) is 49.8 Å². The monoisotopic (exact) mass is 712 g/mol. The quantitative estimate of drug-likeness (QED) is 0.108. The second-order valence-electron chi connectivity index (χ2n) is 13.8. The van der Waals surface area contributed by atoms with Crippen molar-refractivity contribution in [3.05, 3.63) is 85.5 Å². The van der Waals surface area contributed by atoms with Crippen molar-refractivity contribution in [3.8, 4) is 0 Å². The third-order valence-corrected chi connectivity index (χ3v) is 10.5. The lowest BCUT2D eigenvalue weighted by Crippen LogP contribution is -2.56. The second-order valence-corrected chi connectivity index (χ2v) is 13.8. The van der Waals surface area contributed by atoms with E-state index in [1.807, 2.05) is 54.6 Å². The highest BCUT2D eigenvalue weighted by atomic mass is 16.5. The van der Waals surface area contributed by atoms with Crippen LogP contribution >= 0.6 is 0 Å². The number of hydrogen-bond acceptors (Lipinski definition) is 9. The number of aliphatic hydroxyl groups excluding tert-OH is 1. The van der Waals surface area contributed by atoms with E-state index < -0.39 is 41.6 Å². The fourth-order valence-corrected chi connectivity index (χ4v) is 8.09. The van der Waals surface area contributed by atoms with E-state index in [0.717, 1.165) is 23.9 Å². The average molecular weight is 713 g/mol. The van der Waals surface area contributed by atoms with Crippen LogP contribution in [0.25, 0.3) is 11.0 Å². The topological polar surface area (TPSA) is 156 Å². The van der Waals surface area contributed by atoms with Gasteiger partial charge < -0.3 is 29.7 Å². The van der Waals surface area contributed by atoms with Gasteiger partial charge in [0.2, 0.25) is 17.7 Å². The number of fused-ring (bicyclic) bond motifs is 2. The summed E-state index contributed by atoms with van der Waals surface area (Å²) in [4.78, 5) is 59.4. The molecule has 3 saturated heterocycles. The van der Waals surface area contributed by atoms with Gasteiger partial charge in [0.15, 0.2) is 0 Å². The molecule has 3 fully saturated rings. The van der Waals surface area contributed by atoms with Crippen LogP contribution in [0.2, 0.25) is 0 Å². The molecule has 0 unspecified atom stereocenters. The smallest absolute Gasteiger partial charge is 0.306 e. The number of hydrogen-bond donors (Lipinski definition) is 2. The third kappa shape index (κ3) is 7.38. The summed E-state index contributed by atoms with van der Waals surface area (Å²) in [5.41, 5.74) is 1.01. The van der Waals surface area contributed by atoms with E-state index in [2.05, 4.69) is 28.8 Å². The number of aliphatic hydroxyl groups is 1. The van der Waals surface area contributed by atoms with Crippen molar-refractivity contribution in [3.63, 3.8) is 0 Å². The highest BCUT2D eigenvalue weighted by Crippen LogP contribution is 2.58. The number of nitrogens with one attached hydrogen (secondary N) is 1. The zero-order valence-electron chi connectivity index (χ0n) is 29.5. The molecule has 3 aromatic rings. The molecule has 3 aliphatic heterocycles. The Labute approximate surface area is 303 Å². The first kappa shape index (κ1) is 36.9. The van der Waals surface area contributed by atoms with Gasteiger partial charge >= 0.3 is 5.97 Å². The Morgan fingerprint density at radius 2 is 1.85 bits per heavy atom. The first-order valence-corrected chi connectivity index (χ1v) is 18.2. The highest BCUT2D eigenvalue weighted by Gasteiger charge is 2.74. The van der Waals surface area contributed by atoms with Crippen LogP contribution in [-0.2, 0) is 35.3 Å². The summed E-state index contributed by atoms with van der Waals surface area (Å²) in [5.74, 6) is -3.08. The van der Waals surface area contributed by atoms with Crippen molar-refractivity contribution in [2.45, 2.75) is 81.8 Å². The summed E-state index contributed by atoms with van der Waals surface area (Å²) >= 11 is 0. The molecule has 0 aliphatic carbocycles. The molecule has 13 nitrogen and oxygen atoms in total. The number of ether oxygens (including phenoxy) is 2. The summed E-state index contributed by atoms with van der Waals surface area (Å²) in [6, 6.07) is 15.1. The molecule has 276 valence electrons. The summed E-state index contributed by atoms with van der Waals surface area (Å²) in [7, 11) is 0. The van der Waals surface area contributed by atoms with Crippen LogP contribution in [0.5, 0.6) is 0 Å². The minimum atomic E-state index is -1.20. The molecule has 0 radical (unpaired) electrons. The summed E-state index contributed by atoms with van der Waals surface area (Å²) < 4.78 is 13.9. The van der Waals surface area contributed by atoms with Crippen LogP contribution in [0.3, 0.4) is 0 Å². The van der Waals surface area contributed by atoms with E-state index in [9.17, 15) is 24.3 Å². The molecule has 13 heteroatoms. The first-order chi connectivity index (χ1) is 25.3. The van der Waals surface area contributed by atoms with E-state index >= 15 is 0 Å². The maximum absolute atomic E-state index is 14.8. The number of amides is 3. The Morgan fingerprint density at radius 1 is 1.08 bits per heavy atom. The lowest BCUT2D eigenvalue weighted by molar-refractivity contribution is -0.149. The first-order valence-electron chi connectivity index (χ1n) is 18.2. The molecule has 3 amide bonds. The SMILES string of the molecule is C=CCCC(=O)OC[C@@H](NC(=O)[C@@H]1[C@@H]2CC[C@]3(O2)[C@H](C(=O)N(CC=C)Cn2nnc4ccccc42)N(CCCCCCO)C(=O)[C@@H]13)c1ccccc1. The Balaban J connectivity index is 1.28. The number of aromatic nitrogens is 3. The van der Waals surface area contributed by atoms with Gasteiger partial charge in [-0.2, -0.15) is 0 Å². The number of esters is 1. The molecule has 2 bridgehead atoms. The fourth-order valence-electron chi connectivity index (χ4n) is 8.09. The maximum atomic E-state index is 14.8. The number of rotatable bonds is 19. The zero-order valence-corrected chi connectivity index (χ0v) is 29.5. The van der Waals surface area contributed by atoms with Crippen molar-refractivity contribution in [2.75, 3.05) is 26.3 Å². The molecule has 52 heavy (non-hydrogen) atoms. The molecule has 6 atom stereocenters. The zero-order chi connectivity index (χ0) is 36.7. The van der Waals surface area contributed by atoms with Gasteiger partial charge in [-0.15, -0.1) is 18.3 Å². The minimum absolute atomic E-state index is 0.0811. The van der Waals surface area contributed by atoms with Gasteiger partial charge in [-0.3, -0.25) is 19.2 Å². The van der Waals surface area contributed by atoms with Gasteiger partial charge in [0.1, 0.15) is 30.4 Å². The Bertz CT molecular complexity index is 1760. The number of unbranched alkanes of at least 4 members (excludes halogenated alkanes) is 3. The maximum Gasteiger partial charge on any atom is 0.306 e. The number of carbonyl (C=O) groups is 4. The van der Waals surface area contributed by atoms with Crippen LogP contribution in [0.4, 0.5) is 0 Å². The lowest BCUT2D eigenvalue weighted by atomic mass is 9.70. The van der Waals surface area contributed by atoms with E-state index in [-0.39, 0.29) is 50.6 Å². The van der Waals surface area contributed by atoms with Crippen LogP contribution in [-0.4, -0.2) is 97.6 Å². The van der Waals surface area contributed by atoms with E-state index in [1.54, 1.807) is 26.6 Å². The Hall–Kier alpha value is -4.88. The predicted molar refractivity (Wildman–Crippen MR) is 192 cm³/mol. The normalized spacial score (nSPS) is 23.7. The van der Waals surface area contributed by atoms with Crippen molar-refractivity contribution in [1.82, 2.24) is 30.1 Å². The molecular weight excluding hydrogens is 664 g/mol. The Kier molecular flexibility index (Phi) is 11.8. The van der Waals surface area contributed by atoms with Crippen LogP contribution in [0.15, 0.2) is 79.9 Å². The molecule has 2 N–H and O–H groups in total. The molecule has 2 aromatic carbocycles. The van der Waals surface area contributed by atoms with E-state index in [1.165, 1.54) is 0 Å². The molecule has 1 aromatic heterocycles. The number of carbonyl (C=O) groups excluding carboxylic acids is 4. The second kappa shape index (κ2) is 16.6. The molecular formula is C39H48N6O7. The standard InChI is InChI=1S/C39H48N6O7/c1-3-5-19-32(47)51-25-29(27-15-9-8-10-16-27)40-36(48)33-31-20-21-39(52-31)34(33)37(49)44(23-13-6-7-14-24-46)35(39)38(50)43(22-4-2)26-45-30-18-12-11-17-28(30)41-42-45/h3-4,8-12,15-18,29,31,33-35,46H,1-2,5-7,13-14,19-26H2,(H,40,48)/t29-,31+,33-,34-,35+,39-/m1/s1. The number of allylic oxidation sites excluding steroid dienone is 1. The molecule has 4 heterocycles. The lowest BCUT2D eigenvalue weighted by Gasteiger charge is -2.36. The highest BCUT2D eigenvalue weighted by molar-refractivity contribution is 5.99. The molecule has 3 aliphatic rings. The van der Waals surface area contributed by atoms with Crippen LogP contribution in [0.1, 0.15) is 63.0 Å². The van der Waals surface area contributed by atoms with Crippen molar-refractivity contribution < 1.29 is 33.8 Å². The van der Waals surface area contributed by atoms with Crippen molar-refractivity contribution in [1.29, 1.82) is 0 Å². The van der Waals surface area contributed by atoms with E-state index in [0.29, 0.717) is 44.2 Å². The molecule has 6 rings (SSSR count). The largest absolute Gasteiger partial charge is 0.463 e. The minimum Gasteiger partial charge on any atom is -0.463 e. The van der Waals surface area contributed by atoms with Gasteiger partial charge in [-0.1, -0.05) is 72.7 Å².